The SMILES string of the molecule is Cc1csc(C(C)NC(=O)NCC2(C(=O)O)CCCC2)n1. The highest BCUT2D eigenvalue weighted by atomic mass is 32.1. The highest BCUT2D eigenvalue weighted by Crippen LogP contribution is 2.37. The van der Waals surface area contributed by atoms with E-state index in [-0.39, 0.29) is 18.6 Å². The lowest BCUT2D eigenvalue weighted by atomic mass is 9.86. The molecule has 0 radical (unpaired) electrons. The summed E-state index contributed by atoms with van der Waals surface area (Å²) < 4.78 is 0. The van der Waals surface area contributed by atoms with Crippen LogP contribution in [-0.4, -0.2) is 28.6 Å². The van der Waals surface area contributed by atoms with Crippen LogP contribution in [0, 0.1) is 12.3 Å². The maximum absolute atomic E-state index is 11.9. The van der Waals surface area contributed by atoms with Gasteiger partial charge in [-0.05, 0) is 26.7 Å². The molecule has 1 fully saturated rings. The van der Waals surface area contributed by atoms with Gasteiger partial charge in [-0.1, -0.05) is 12.8 Å². The van der Waals surface area contributed by atoms with E-state index < -0.39 is 11.4 Å². The molecule has 1 aliphatic rings. The topological polar surface area (TPSA) is 91.3 Å². The average Bonchev–Trinajstić information content (AvgIpc) is 3.06. The third kappa shape index (κ3) is 3.72. The van der Waals surface area contributed by atoms with E-state index in [2.05, 4.69) is 15.6 Å². The van der Waals surface area contributed by atoms with Crippen LogP contribution in [0.5, 0.6) is 0 Å². The zero-order chi connectivity index (χ0) is 15.5. The zero-order valence-corrected chi connectivity index (χ0v) is 13.1. The summed E-state index contributed by atoms with van der Waals surface area (Å²) >= 11 is 1.50. The van der Waals surface area contributed by atoms with Crippen LogP contribution in [0.1, 0.15) is 49.4 Å². The number of hydrogen-bond acceptors (Lipinski definition) is 4. The van der Waals surface area contributed by atoms with Crippen molar-refractivity contribution in [3.8, 4) is 0 Å². The number of amides is 2. The van der Waals surface area contributed by atoms with E-state index >= 15 is 0 Å². The van der Waals surface area contributed by atoms with Crippen molar-refractivity contribution in [3.63, 3.8) is 0 Å². The standard InChI is InChI=1S/C14H21N3O3S/c1-9-7-21-11(16-9)10(2)17-13(20)15-8-14(12(18)19)5-3-4-6-14/h7,10H,3-6,8H2,1-2H3,(H,18,19)(H2,15,17,20). The normalized spacial score (nSPS) is 18.2. The molecule has 1 aromatic rings. The molecule has 1 unspecified atom stereocenters. The van der Waals surface area contributed by atoms with Gasteiger partial charge in [0.1, 0.15) is 5.01 Å². The first-order valence-corrected chi connectivity index (χ1v) is 8.01. The van der Waals surface area contributed by atoms with Crippen molar-refractivity contribution in [1.82, 2.24) is 15.6 Å². The van der Waals surface area contributed by atoms with Crippen LogP contribution < -0.4 is 10.6 Å². The van der Waals surface area contributed by atoms with Crippen LogP contribution in [0.25, 0.3) is 0 Å². The quantitative estimate of drug-likeness (QED) is 0.779. The maximum atomic E-state index is 11.9. The van der Waals surface area contributed by atoms with E-state index in [1.165, 1.54) is 11.3 Å². The van der Waals surface area contributed by atoms with Crippen molar-refractivity contribution in [2.24, 2.45) is 5.41 Å². The van der Waals surface area contributed by atoms with Gasteiger partial charge in [-0.2, -0.15) is 0 Å². The Morgan fingerprint density at radius 2 is 2.14 bits per heavy atom. The molecular formula is C14H21N3O3S. The van der Waals surface area contributed by atoms with Gasteiger partial charge in [0.25, 0.3) is 0 Å². The number of hydrogen-bond donors (Lipinski definition) is 3. The van der Waals surface area contributed by atoms with Crippen LogP contribution >= 0.6 is 11.3 Å². The molecule has 1 aromatic heterocycles. The Bertz CT molecular complexity index is 523. The second kappa shape index (κ2) is 6.43. The Balaban J connectivity index is 1.85. The van der Waals surface area contributed by atoms with Crippen LogP contribution in [0.15, 0.2) is 5.38 Å². The fraction of sp³-hybridized carbons (Fsp3) is 0.643. The van der Waals surface area contributed by atoms with Gasteiger partial charge >= 0.3 is 12.0 Å². The molecule has 0 bridgehead atoms. The Kier molecular flexibility index (Phi) is 4.82. The van der Waals surface area contributed by atoms with Gasteiger partial charge < -0.3 is 15.7 Å². The van der Waals surface area contributed by atoms with E-state index in [0.717, 1.165) is 23.5 Å². The Morgan fingerprint density at radius 1 is 1.48 bits per heavy atom. The molecule has 116 valence electrons. The van der Waals surface area contributed by atoms with Crippen molar-refractivity contribution in [2.45, 2.75) is 45.6 Å². The van der Waals surface area contributed by atoms with Crippen LogP contribution in [0.3, 0.4) is 0 Å². The van der Waals surface area contributed by atoms with Crippen LogP contribution in [0.4, 0.5) is 4.79 Å². The van der Waals surface area contributed by atoms with E-state index in [1.807, 2.05) is 19.2 Å². The number of carbonyl (C=O) groups excluding carboxylic acids is 1. The Hall–Kier alpha value is -1.63. The molecule has 0 aromatic carbocycles. The lowest BCUT2D eigenvalue weighted by Gasteiger charge is -2.24. The minimum atomic E-state index is -0.816. The molecule has 1 aliphatic carbocycles. The van der Waals surface area contributed by atoms with Crippen molar-refractivity contribution >= 4 is 23.3 Å². The smallest absolute Gasteiger partial charge is 0.315 e. The highest BCUT2D eigenvalue weighted by molar-refractivity contribution is 7.09. The number of carbonyl (C=O) groups is 2. The number of aryl methyl sites for hydroxylation is 1. The van der Waals surface area contributed by atoms with Gasteiger partial charge in [-0.15, -0.1) is 11.3 Å². The largest absolute Gasteiger partial charge is 0.481 e. The maximum Gasteiger partial charge on any atom is 0.315 e. The number of nitrogens with zero attached hydrogens (tertiary/aromatic N) is 1. The first-order chi connectivity index (χ1) is 9.93. The molecule has 0 saturated heterocycles. The summed E-state index contributed by atoms with van der Waals surface area (Å²) in [5, 5.41) is 17.6. The summed E-state index contributed by atoms with van der Waals surface area (Å²) in [5.74, 6) is -0.816. The molecule has 21 heavy (non-hydrogen) atoms. The summed E-state index contributed by atoms with van der Waals surface area (Å²) in [7, 11) is 0. The average molecular weight is 311 g/mol. The number of urea groups is 1. The third-order valence-electron chi connectivity index (χ3n) is 3.96. The lowest BCUT2D eigenvalue weighted by Crippen LogP contribution is -2.45. The minimum absolute atomic E-state index is 0.178. The number of carboxylic acid groups (broad SMARTS) is 1. The fourth-order valence-corrected chi connectivity index (χ4v) is 3.45. The summed E-state index contributed by atoms with van der Waals surface area (Å²) in [6, 6.07) is -0.532. The fourth-order valence-electron chi connectivity index (χ4n) is 2.65. The molecule has 2 rings (SSSR count). The van der Waals surface area contributed by atoms with Crippen molar-refractivity contribution < 1.29 is 14.7 Å². The Morgan fingerprint density at radius 3 is 2.67 bits per heavy atom. The third-order valence-corrected chi connectivity index (χ3v) is 5.10. The number of carboxylic acids is 1. The second-order valence-electron chi connectivity index (χ2n) is 5.67. The molecule has 3 N–H and O–H groups in total. The van der Waals surface area contributed by atoms with Crippen molar-refractivity contribution in [3.05, 3.63) is 16.1 Å². The molecule has 7 heteroatoms. The monoisotopic (exact) mass is 311 g/mol. The molecule has 6 nitrogen and oxygen atoms in total. The van der Waals surface area contributed by atoms with Crippen molar-refractivity contribution in [1.29, 1.82) is 0 Å². The van der Waals surface area contributed by atoms with E-state index in [4.69, 9.17) is 0 Å². The van der Waals surface area contributed by atoms with Gasteiger partial charge in [0.05, 0.1) is 11.5 Å². The molecule has 1 heterocycles. The molecule has 0 aliphatic heterocycles. The molecule has 2 amide bonds. The summed E-state index contributed by atoms with van der Waals surface area (Å²) in [6.45, 7) is 3.95. The van der Waals surface area contributed by atoms with E-state index in [1.54, 1.807) is 0 Å². The Labute approximate surface area is 128 Å². The molecule has 0 spiro atoms. The molecular weight excluding hydrogens is 290 g/mol. The number of thiazole rings is 1. The van der Waals surface area contributed by atoms with Gasteiger partial charge in [0.15, 0.2) is 0 Å². The predicted octanol–water partition coefficient (Wildman–Crippen LogP) is 2.46. The minimum Gasteiger partial charge on any atom is -0.481 e. The second-order valence-corrected chi connectivity index (χ2v) is 6.56. The molecule has 1 atom stereocenters. The van der Waals surface area contributed by atoms with Gasteiger partial charge in [0.2, 0.25) is 0 Å². The first kappa shape index (κ1) is 15.8. The van der Waals surface area contributed by atoms with E-state index in [0.29, 0.717) is 12.8 Å². The predicted molar refractivity (Wildman–Crippen MR) is 80.3 cm³/mol. The van der Waals surface area contributed by atoms with Gasteiger partial charge in [0, 0.05) is 17.6 Å². The molecule has 1 saturated carbocycles. The van der Waals surface area contributed by atoms with Crippen molar-refractivity contribution in [2.75, 3.05) is 6.54 Å². The number of nitrogens with one attached hydrogen (secondary N) is 2. The summed E-state index contributed by atoms with van der Waals surface area (Å²) in [5.41, 5.74) is 0.137. The van der Waals surface area contributed by atoms with Crippen LogP contribution in [0.2, 0.25) is 0 Å². The van der Waals surface area contributed by atoms with Crippen LogP contribution in [-0.2, 0) is 4.79 Å². The summed E-state index contributed by atoms with van der Waals surface area (Å²) in [4.78, 5) is 27.6. The zero-order valence-electron chi connectivity index (χ0n) is 12.3. The first-order valence-electron chi connectivity index (χ1n) is 7.13. The van der Waals surface area contributed by atoms with Gasteiger partial charge in [-0.25, -0.2) is 9.78 Å². The van der Waals surface area contributed by atoms with E-state index in [9.17, 15) is 14.7 Å². The number of rotatable bonds is 5. The van der Waals surface area contributed by atoms with Gasteiger partial charge in [-0.3, -0.25) is 4.79 Å². The lowest BCUT2D eigenvalue weighted by molar-refractivity contribution is -0.148. The number of aromatic nitrogens is 1. The summed E-state index contributed by atoms with van der Waals surface area (Å²) in [6.07, 6.45) is 3.07. The number of aliphatic carboxylic acids is 1. The highest BCUT2D eigenvalue weighted by Gasteiger charge is 2.41.